The predicted molar refractivity (Wildman–Crippen MR) is 58.8 cm³/mol. The third-order valence-electron chi connectivity index (χ3n) is 2.80. The number of ether oxygens (including phenoxy) is 4. The van der Waals surface area contributed by atoms with Gasteiger partial charge >= 0.3 is 0 Å². The van der Waals surface area contributed by atoms with Crippen LogP contribution in [-0.2, 0) is 15.3 Å². The first-order valence-corrected chi connectivity index (χ1v) is 5.30. The lowest BCUT2D eigenvalue weighted by Gasteiger charge is -2.24. The van der Waals surface area contributed by atoms with Gasteiger partial charge in [0.15, 0.2) is 17.3 Å². The molecule has 0 N–H and O–H groups in total. The summed E-state index contributed by atoms with van der Waals surface area (Å²) < 4.78 is 35.0. The van der Waals surface area contributed by atoms with Gasteiger partial charge in [0, 0.05) is 6.07 Å². The summed E-state index contributed by atoms with van der Waals surface area (Å²) in [5.74, 6) is -0.699. The first-order chi connectivity index (χ1) is 8.10. The number of hydrogen-bond acceptors (Lipinski definition) is 4. The summed E-state index contributed by atoms with van der Waals surface area (Å²) in [4.78, 5) is 0. The normalized spacial score (nSPS) is 18.1. The zero-order valence-corrected chi connectivity index (χ0v) is 10.1. The molecule has 1 aliphatic heterocycles. The van der Waals surface area contributed by atoms with Gasteiger partial charge in [-0.1, -0.05) is 0 Å². The molecule has 0 bridgehead atoms. The van der Waals surface area contributed by atoms with Crippen LogP contribution in [0.15, 0.2) is 12.1 Å². The van der Waals surface area contributed by atoms with E-state index in [0.717, 1.165) is 0 Å². The molecule has 1 fully saturated rings. The van der Waals surface area contributed by atoms with Crippen molar-refractivity contribution < 1.29 is 23.3 Å². The monoisotopic (exact) mass is 242 g/mol. The fraction of sp³-hybridized carbons (Fsp3) is 0.500. The smallest absolute Gasteiger partial charge is 0.195 e. The van der Waals surface area contributed by atoms with E-state index in [1.54, 1.807) is 13.0 Å². The van der Waals surface area contributed by atoms with Crippen molar-refractivity contribution in [2.45, 2.75) is 12.7 Å². The number of benzene rings is 1. The second-order valence-electron chi connectivity index (χ2n) is 3.83. The Balaban J connectivity index is 2.47. The van der Waals surface area contributed by atoms with E-state index in [4.69, 9.17) is 18.9 Å². The zero-order chi connectivity index (χ0) is 12.5. The van der Waals surface area contributed by atoms with Gasteiger partial charge in [-0.2, -0.15) is 0 Å². The van der Waals surface area contributed by atoms with Crippen LogP contribution in [0.25, 0.3) is 0 Å². The van der Waals surface area contributed by atoms with Gasteiger partial charge in [0.1, 0.15) is 5.82 Å². The average molecular weight is 242 g/mol. The lowest BCUT2D eigenvalue weighted by molar-refractivity contribution is -0.151. The van der Waals surface area contributed by atoms with Gasteiger partial charge in [-0.3, -0.25) is 0 Å². The quantitative estimate of drug-likeness (QED) is 0.813. The standard InChI is InChI=1S/C12H15FO4/c1-12(16-4-5-17-12)8-6-10(14-2)11(15-3)7-9(8)13/h6-7H,4-5H2,1-3H3. The zero-order valence-electron chi connectivity index (χ0n) is 10.1. The van der Waals surface area contributed by atoms with E-state index in [0.29, 0.717) is 30.3 Å². The van der Waals surface area contributed by atoms with E-state index < -0.39 is 11.6 Å². The van der Waals surface area contributed by atoms with Gasteiger partial charge < -0.3 is 18.9 Å². The summed E-state index contributed by atoms with van der Waals surface area (Å²) in [7, 11) is 2.96. The van der Waals surface area contributed by atoms with Gasteiger partial charge in [0.2, 0.25) is 0 Å². The Hall–Kier alpha value is -1.33. The Morgan fingerprint density at radius 3 is 2.18 bits per heavy atom. The molecule has 1 saturated heterocycles. The maximum atomic E-state index is 14.0. The van der Waals surface area contributed by atoms with Gasteiger partial charge in [-0.25, -0.2) is 4.39 Å². The second-order valence-corrected chi connectivity index (χ2v) is 3.83. The molecule has 0 radical (unpaired) electrons. The van der Waals surface area contributed by atoms with Crippen molar-refractivity contribution in [3.05, 3.63) is 23.5 Å². The summed E-state index contributed by atoms with van der Waals surface area (Å²) in [5, 5.41) is 0. The Bertz CT molecular complexity index is 413. The molecule has 1 aromatic rings. The molecule has 0 spiro atoms. The van der Waals surface area contributed by atoms with Crippen LogP contribution in [0, 0.1) is 5.82 Å². The highest BCUT2D eigenvalue weighted by Crippen LogP contribution is 2.38. The average Bonchev–Trinajstić information content (AvgIpc) is 2.76. The van der Waals surface area contributed by atoms with E-state index in [-0.39, 0.29) is 0 Å². The highest BCUT2D eigenvalue weighted by molar-refractivity contribution is 5.45. The van der Waals surface area contributed by atoms with Crippen LogP contribution >= 0.6 is 0 Å². The molecule has 0 amide bonds. The highest BCUT2D eigenvalue weighted by Gasteiger charge is 2.36. The minimum atomic E-state index is -1.05. The Labute approximate surface area is 99.2 Å². The summed E-state index contributed by atoms with van der Waals surface area (Å²) in [6.45, 7) is 2.58. The van der Waals surface area contributed by atoms with Crippen LogP contribution in [0.2, 0.25) is 0 Å². The molecular formula is C12H15FO4. The molecule has 1 aromatic carbocycles. The SMILES string of the molecule is COc1cc(F)c(C2(C)OCCO2)cc1OC. The lowest BCUT2D eigenvalue weighted by atomic mass is 10.1. The maximum absolute atomic E-state index is 14.0. The van der Waals surface area contributed by atoms with Crippen molar-refractivity contribution in [3.8, 4) is 11.5 Å². The number of hydrogen-bond donors (Lipinski definition) is 0. The summed E-state index contributed by atoms with van der Waals surface area (Å²) >= 11 is 0. The molecule has 0 aromatic heterocycles. The number of rotatable bonds is 3. The minimum Gasteiger partial charge on any atom is -0.493 e. The maximum Gasteiger partial charge on any atom is 0.195 e. The van der Waals surface area contributed by atoms with Crippen molar-refractivity contribution >= 4 is 0 Å². The van der Waals surface area contributed by atoms with Crippen molar-refractivity contribution in [1.29, 1.82) is 0 Å². The summed E-state index contributed by atoms with van der Waals surface area (Å²) in [6.07, 6.45) is 0. The molecule has 0 atom stereocenters. The predicted octanol–water partition coefficient (Wildman–Crippen LogP) is 2.06. The second kappa shape index (κ2) is 4.50. The Morgan fingerprint density at radius 2 is 1.65 bits per heavy atom. The third kappa shape index (κ3) is 2.08. The Morgan fingerprint density at radius 1 is 1.12 bits per heavy atom. The van der Waals surface area contributed by atoms with Gasteiger partial charge in [0.05, 0.1) is 33.0 Å². The van der Waals surface area contributed by atoms with Crippen LogP contribution in [0.4, 0.5) is 4.39 Å². The lowest BCUT2D eigenvalue weighted by Crippen LogP contribution is -2.24. The number of methoxy groups -OCH3 is 2. The number of halogens is 1. The molecule has 0 saturated carbocycles. The van der Waals surface area contributed by atoms with Crippen molar-refractivity contribution in [2.24, 2.45) is 0 Å². The molecule has 17 heavy (non-hydrogen) atoms. The molecular weight excluding hydrogens is 227 g/mol. The topological polar surface area (TPSA) is 36.9 Å². The largest absolute Gasteiger partial charge is 0.493 e. The van der Waals surface area contributed by atoms with Gasteiger partial charge in [0.25, 0.3) is 0 Å². The molecule has 1 heterocycles. The first kappa shape index (κ1) is 12.1. The molecule has 4 nitrogen and oxygen atoms in total. The fourth-order valence-corrected chi connectivity index (χ4v) is 1.87. The van der Waals surface area contributed by atoms with E-state index >= 15 is 0 Å². The van der Waals surface area contributed by atoms with Crippen LogP contribution in [0.1, 0.15) is 12.5 Å². The van der Waals surface area contributed by atoms with Crippen LogP contribution in [0.5, 0.6) is 11.5 Å². The highest BCUT2D eigenvalue weighted by atomic mass is 19.1. The minimum absolute atomic E-state index is 0.313. The summed E-state index contributed by atoms with van der Waals surface area (Å²) in [5.41, 5.74) is 0.313. The van der Waals surface area contributed by atoms with Crippen molar-refractivity contribution in [3.63, 3.8) is 0 Å². The van der Waals surface area contributed by atoms with E-state index in [9.17, 15) is 4.39 Å². The van der Waals surface area contributed by atoms with Crippen molar-refractivity contribution in [2.75, 3.05) is 27.4 Å². The van der Waals surface area contributed by atoms with E-state index in [1.165, 1.54) is 20.3 Å². The molecule has 0 unspecified atom stereocenters. The van der Waals surface area contributed by atoms with Crippen LogP contribution in [-0.4, -0.2) is 27.4 Å². The van der Waals surface area contributed by atoms with Gasteiger partial charge in [-0.15, -0.1) is 0 Å². The molecule has 0 aliphatic carbocycles. The van der Waals surface area contributed by atoms with Crippen molar-refractivity contribution in [1.82, 2.24) is 0 Å². The molecule has 2 rings (SSSR count). The van der Waals surface area contributed by atoms with E-state index in [2.05, 4.69) is 0 Å². The fourth-order valence-electron chi connectivity index (χ4n) is 1.87. The summed E-state index contributed by atoms with van der Waals surface area (Å²) in [6, 6.07) is 2.81. The van der Waals surface area contributed by atoms with E-state index in [1.807, 2.05) is 0 Å². The molecule has 94 valence electrons. The first-order valence-electron chi connectivity index (χ1n) is 5.30. The van der Waals surface area contributed by atoms with Gasteiger partial charge in [-0.05, 0) is 13.0 Å². The van der Waals surface area contributed by atoms with Crippen LogP contribution < -0.4 is 9.47 Å². The molecule has 1 aliphatic rings. The molecule has 5 heteroatoms. The van der Waals surface area contributed by atoms with Crippen LogP contribution in [0.3, 0.4) is 0 Å². The Kier molecular flexibility index (Phi) is 3.22. The third-order valence-corrected chi connectivity index (χ3v) is 2.80.